The molecule has 1 aliphatic rings. The quantitative estimate of drug-likeness (QED) is 0.750. The number of rotatable bonds is 3. The van der Waals surface area contributed by atoms with Gasteiger partial charge in [0.2, 0.25) is 15.0 Å². The van der Waals surface area contributed by atoms with E-state index in [1.165, 1.54) is 4.90 Å². The Morgan fingerprint density at radius 1 is 1.42 bits per heavy atom. The first-order chi connectivity index (χ1) is 8.76. The fourth-order valence-electron chi connectivity index (χ4n) is 2.08. The molecule has 104 valence electrons. The Morgan fingerprint density at radius 2 is 2.11 bits per heavy atom. The fraction of sp³-hybridized carbons (Fsp3) is 0.364. The highest BCUT2D eigenvalue weighted by Gasteiger charge is 2.33. The largest absolute Gasteiger partial charge is 0.312 e. The molecule has 0 spiro atoms. The summed E-state index contributed by atoms with van der Waals surface area (Å²) in [5.41, 5.74) is 0.660. The third kappa shape index (κ3) is 3.84. The van der Waals surface area contributed by atoms with Crippen molar-refractivity contribution in [1.29, 1.82) is 0 Å². The molecule has 0 N–H and O–H groups in total. The lowest BCUT2D eigenvalue weighted by Gasteiger charge is -2.17. The second kappa shape index (κ2) is 5.60. The number of hydrogen-bond acceptors (Lipinski definition) is 3. The minimum Gasteiger partial charge on any atom is -0.312 e. The van der Waals surface area contributed by atoms with Gasteiger partial charge in [-0.05, 0) is 34.1 Å². The fourth-order valence-corrected chi connectivity index (χ4v) is 3.82. The van der Waals surface area contributed by atoms with E-state index in [2.05, 4.69) is 15.9 Å². The van der Waals surface area contributed by atoms with E-state index in [-0.39, 0.29) is 24.0 Å². The average molecular weight is 387 g/mol. The highest BCUT2D eigenvalue weighted by Crippen LogP contribution is 2.31. The molecule has 1 heterocycles. The molecule has 2 rings (SSSR count). The van der Waals surface area contributed by atoms with E-state index >= 15 is 0 Å². The molecule has 1 aromatic carbocycles. The van der Waals surface area contributed by atoms with Gasteiger partial charge < -0.3 is 4.90 Å². The van der Waals surface area contributed by atoms with Gasteiger partial charge in [-0.1, -0.05) is 11.6 Å². The van der Waals surface area contributed by atoms with Crippen LogP contribution in [0.25, 0.3) is 0 Å². The summed E-state index contributed by atoms with van der Waals surface area (Å²) in [6.07, 6.45) is 0.180. The summed E-state index contributed by atoms with van der Waals surface area (Å²) >= 11 is 9.25. The van der Waals surface area contributed by atoms with Crippen molar-refractivity contribution in [2.24, 2.45) is 5.92 Å². The molecule has 19 heavy (non-hydrogen) atoms. The SMILES string of the molecule is O=C1CC(CS(=O)(=O)Cl)CN1c1ccc(Br)c(Cl)c1. The Labute approximate surface area is 129 Å². The van der Waals surface area contributed by atoms with Gasteiger partial charge in [-0.25, -0.2) is 8.42 Å². The van der Waals surface area contributed by atoms with Gasteiger partial charge in [0.15, 0.2) is 0 Å². The van der Waals surface area contributed by atoms with Gasteiger partial charge in [0.05, 0.1) is 10.8 Å². The standard InChI is InChI=1S/C11H10BrCl2NO3S/c12-9-2-1-8(4-10(9)13)15-5-7(3-11(15)16)6-19(14,17)18/h1-2,4,7H,3,5-6H2. The molecular formula is C11H10BrCl2NO3S. The lowest BCUT2D eigenvalue weighted by molar-refractivity contribution is -0.117. The van der Waals surface area contributed by atoms with E-state index in [1.54, 1.807) is 18.2 Å². The van der Waals surface area contributed by atoms with Crippen LogP contribution in [-0.2, 0) is 13.8 Å². The molecule has 8 heteroatoms. The van der Waals surface area contributed by atoms with Gasteiger partial charge in [-0.2, -0.15) is 0 Å². The number of amides is 1. The van der Waals surface area contributed by atoms with E-state index in [1.807, 2.05) is 0 Å². The molecule has 1 unspecified atom stereocenters. The lowest BCUT2D eigenvalue weighted by atomic mass is 10.1. The Hall–Kier alpha value is -0.300. The molecular weight excluding hydrogens is 377 g/mol. The van der Waals surface area contributed by atoms with Crippen LogP contribution in [0.3, 0.4) is 0 Å². The second-order valence-corrected chi connectivity index (χ2v) is 8.46. The summed E-state index contributed by atoms with van der Waals surface area (Å²) in [7, 11) is 1.62. The number of benzene rings is 1. The van der Waals surface area contributed by atoms with Crippen molar-refractivity contribution in [1.82, 2.24) is 0 Å². The van der Waals surface area contributed by atoms with Gasteiger partial charge in [-0.3, -0.25) is 4.79 Å². The zero-order chi connectivity index (χ0) is 14.2. The molecule has 1 aromatic rings. The summed E-state index contributed by atoms with van der Waals surface area (Å²) in [6, 6.07) is 5.17. The van der Waals surface area contributed by atoms with Crippen LogP contribution in [0, 0.1) is 5.92 Å². The topological polar surface area (TPSA) is 54.5 Å². The maximum atomic E-state index is 11.9. The Balaban J connectivity index is 2.18. The van der Waals surface area contributed by atoms with Gasteiger partial charge in [0.1, 0.15) is 0 Å². The Bertz CT molecular complexity index is 620. The summed E-state index contributed by atoms with van der Waals surface area (Å²) in [4.78, 5) is 13.4. The maximum absolute atomic E-state index is 11.9. The Kier molecular flexibility index (Phi) is 4.45. The van der Waals surface area contributed by atoms with E-state index in [0.29, 0.717) is 17.3 Å². The number of carbonyl (C=O) groups excluding carboxylic acids is 1. The average Bonchev–Trinajstić information content (AvgIpc) is 2.61. The predicted octanol–water partition coefficient (Wildman–Crippen LogP) is 3.02. The van der Waals surface area contributed by atoms with Crippen LogP contribution in [0.5, 0.6) is 0 Å². The van der Waals surface area contributed by atoms with E-state index in [0.717, 1.165) is 4.47 Å². The number of hydrogen-bond donors (Lipinski definition) is 0. The highest BCUT2D eigenvalue weighted by atomic mass is 79.9. The van der Waals surface area contributed by atoms with Crippen LogP contribution in [-0.4, -0.2) is 26.6 Å². The van der Waals surface area contributed by atoms with E-state index in [9.17, 15) is 13.2 Å². The molecule has 0 bridgehead atoms. The smallest absolute Gasteiger partial charge is 0.232 e. The molecule has 1 aliphatic heterocycles. The monoisotopic (exact) mass is 385 g/mol. The summed E-state index contributed by atoms with van der Waals surface area (Å²) in [5, 5.41) is 0.499. The first kappa shape index (κ1) is 15.1. The van der Waals surface area contributed by atoms with Crippen molar-refractivity contribution in [3.8, 4) is 0 Å². The summed E-state index contributed by atoms with van der Waals surface area (Å²) < 4.78 is 22.8. The molecule has 0 aliphatic carbocycles. The first-order valence-electron chi connectivity index (χ1n) is 5.44. The van der Waals surface area contributed by atoms with Gasteiger partial charge in [0.25, 0.3) is 0 Å². The Morgan fingerprint density at radius 3 is 2.68 bits per heavy atom. The third-order valence-electron chi connectivity index (χ3n) is 2.85. The molecule has 1 saturated heterocycles. The number of anilines is 1. The van der Waals surface area contributed by atoms with Crippen LogP contribution in [0.4, 0.5) is 5.69 Å². The molecule has 0 aromatic heterocycles. The molecule has 0 radical (unpaired) electrons. The van der Waals surface area contributed by atoms with Crippen LogP contribution in [0.2, 0.25) is 5.02 Å². The molecule has 1 fully saturated rings. The van der Waals surface area contributed by atoms with E-state index in [4.69, 9.17) is 22.3 Å². The molecule has 1 atom stereocenters. The van der Waals surface area contributed by atoms with Crippen LogP contribution in [0.1, 0.15) is 6.42 Å². The van der Waals surface area contributed by atoms with Gasteiger partial charge >= 0.3 is 0 Å². The third-order valence-corrected chi connectivity index (χ3v) is 5.33. The van der Waals surface area contributed by atoms with Crippen LogP contribution >= 0.6 is 38.2 Å². The highest BCUT2D eigenvalue weighted by molar-refractivity contribution is 9.10. The maximum Gasteiger partial charge on any atom is 0.232 e. The molecule has 1 amide bonds. The number of halogens is 3. The lowest BCUT2D eigenvalue weighted by Crippen LogP contribution is -2.25. The van der Waals surface area contributed by atoms with Crippen LogP contribution in [0.15, 0.2) is 22.7 Å². The van der Waals surface area contributed by atoms with Crippen molar-refractivity contribution >= 4 is 58.9 Å². The summed E-state index contributed by atoms with van der Waals surface area (Å²) in [5.74, 6) is -0.595. The number of carbonyl (C=O) groups is 1. The summed E-state index contributed by atoms with van der Waals surface area (Å²) in [6.45, 7) is 0.336. The van der Waals surface area contributed by atoms with E-state index < -0.39 is 9.05 Å². The number of nitrogens with zero attached hydrogens (tertiary/aromatic N) is 1. The molecule has 0 saturated carbocycles. The molecule has 4 nitrogen and oxygen atoms in total. The van der Waals surface area contributed by atoms with Crippen molar-refractivity contribution in [3.63, 3.8) is 0 Å². The normalized spacial score (nSPS) is 20.1. The second-order valence-electron chi connectivity index (χ2n) is 4.38. The van der Waals surface area contributed by atoms with Gasteiger partial charge in [-0.15, -0.1) is 0 Å². The van der Waals surface area contributed by atoms with Crippen molar-refractivity contribution in [3.05, 3.63) is 27.7 Å². The zero-order valence-corrected chi connectivity index (χ0v) is 13.6. The predicted molar refractivity (Wildman–Crippen MR) is 79.3 cm³/mol. The first-order valence-corrected chi connectivity index (χ1v) is 9.09. The van der Waals surface area contributed by atoms with Crippen molar-refractivity contribution in [2.45, 2.75) is 6.42 Å². The zero-order valence-electron chi connectivity index (χ0n) is 9.64. The van der Waals surface area contributed by atoms with Crippen molar-refractivity contribution < 1.29 is 13.2 Å². The van der Waals surface area contributed by atoms with Crippen LogP contribution < -0.4 is 4.90 Å². The minimum atomic E-state index is -3.59. The van der Waals surface area contributed by atoms with Gasteiger partial charge in [0, 0.05) is 39.7 Å². The van der Waals surface area contributed by atoms with Crippen molar-refractivity contribution in [2.75, 3.05) is 17.2 Å². The minimum absolute atomic E-state index is 0.122.